The lowest BCUT2D eigenvalue weighted by Gasteiger charge is -2.11. The molecule has 0 fully saturated rings. The van der Waals surface area contributed by atoms with Gasteiger partial charge in [0.05, 0.1) is 11.6 Å². The van der Waals surface area contributed by atoms with Crippen molar-refractivity contribution in [2.24, 2.45) is 0 Å². The van der Waals surface area contributed by atoms with Crippen LogP contribution in [0.25, 0.3) is 6.08 Å². The molecule has 1 aromatic carbocycles. The highest BCUT2D eigenvalue weighted by Crippen LogP contribution is 2.33. The number of carboxylic acid groups (broad SMARTS) is 1. The molecule has 0 amide bonds. The molecule has 0 heterocycles. The Morgan fingerprint density at radius 3 is 2.72 bits per heavy atom. The lowest BCUT2D eigenvalue weighted by Crippen LogP contribution is -2.05. The van der Waals surface area contributed by atoms with Crippen LogP contribution in [0.2, 0.25) is 10.0 Å². The number of carboxylic acids is 1. The minimum Gasteiger partial charge on any atom is -0.489 e. The van der Waals surface area contributed by atoms with Crippen molar-refractivity contribution in [1.82, 2.24) is 0 Å². The first-order valence-corrected chi connectivity index (χ1v) is 5.82. The van der Waals surface area contributed by atoms with E-state index < -0.39 is 5.97 Å². The van der Waals surface area contributed by atoms with E-state index in [1.165, 1.54) is 12.1 Å². The number of carbonyl (C=O) groups is 1. The minimum atomic E-state index is -1.06. The van der Waals surface area contributed by atoms with Crippen LogP contribution in [-0.4, -0.2) is 31.4 Å². The van der Waals surface area contributed by atoms with Crippen LogP contribution in [-0.2, 0) is 9.53 Å². The standard InChI is InChI=1S/C12H12Cl2O4/c1-17-4-5-18-12-8(2-3-11(15)16)6-9(13)7-10(12)14/h2-3,6-7H,4-5H2,1H3,(H,15,16)/b3-2+. The minimum absolute atomic E-state index is 0.311. The smallest absolute Gasteiger partial charge is 0.328 e. The van der Waals surface area contributed by atoms with Gasteiger partial charge in [0.15, 0.2) is 0 Å². The van der Waals surface area contributed by atoms with Gasteiger partial charge in [0.25, 0.3) is 0 Å². The summed E-state index contributed by atoms with van der Waals surface area (Å²) >= 11 is 11.9. The zero-order chi connectivity index (χ0) is 13.5. The Morgan fingerprint density at radius 2 is 2.11 bits per heavy atom. The highest BCUT2D eigenvalue weighted by atomic mass is 35.5. The van der Waals surface area contributed by atoms with Crippen molar-refractivity contribution in [3.63, 3.8) is 0 Å². The van der Waals surface area contributed by atoms with Gasteiger partial charge in [-0.3, -0.25) is 0 Å². The number of aliphatic carboxylic acids is 1. The third-order valence-electron chi connectivity index (χ3n) is 1.98. The third kappa shape index (κ3) is 4.56. The molecule has 98 valence electrons. The molecule has 1 aromatic rings. The summed E-state index contributed by atoms with van der Waals surface area (Å²) in [7, 11) is 1.55. The van der Waals surface area contributed by atoms with E-state index in [1.807, 2.05) is 0 Å². The molecule has 0 radical (unpaired) electrons. The molecule has 6 heteroatoms. The second-order valence-electron chi connectivity index (χ2n) is 3.32. The first-order chi connectivity index (χ1) is 8.54. The number of hydrogen-bond acceptors (Lipinski definition) is 3. The molecule has 0 aliphatic rings. The van der Waals surface area contributed by atoms with Gasteiger partial charge in [-0.1, -0.05) is 23.2 Å². The zero-order valence-electron chi connectivity index (χ0n) is 9.65. The Kier molecular flexibility index (Phi) is 5.98. The summed E-state index contributed by atoms with van der Waals surface area (Å²) in [5.41, 5.74) is 0.506. The van der Waals surface area contributed by atoms with Gasteiger partial charge in [0.2, 0.25) is 0 Å². The van der Waals surface area contributed by atoms with E-state index in [0.717, 1.165) is 6.08 Å². The quantitative estimate of drug-likeness (QED) is 0.646. The predicted molar refractivity (Wildman–Crippen MR) is 70.5 cm³/mol. The van der Waals surface area contributed by atoms with Crippen molar-refractivity contribution in [3.05, 3.63) is 33.8 Å². The van der Waals surface area contributed by atoms with E-state index in [-0.39, 0.29) is 0 Å². The molecule has 1 rings (SSSR count). The maximum absolute atomic E-state index is 10.5. The monoisotopic (exact) mass is 290 g/mol. The van der Waals surface area contributed by atoms with E-state index in [0.29, 0.717) is 34.6 Å². The van der Waals surface area contributed by atoms with Gasteiger partial charge >= 0.3 is 5.97 Å². The van der Waals surface area contributed by atoms with Crippen molar-refractivity contribution in [3.8, 4) is 5.75 Å². The summed E-state index contributed by atoms with van der Waals surface area (Å²) in [4.78, 5) is 10.5. The maximum Gasteiger partial charge on any atom is 0.328 e. The van der Waals surface area contributed by atoms with Crippen molar-refractivity contribution >= 4 is 35.2 Å². The van der Waals surface area contributed by atoms with Crippen LogP contribution in [0.15, 0.2) is 18.2 Å². The Labute approximate surface area is 115 Å². The molecule has 0 spiro atoms. The van der Waals surface area contributed by atoms with Crippen molar-refractivity contribution in [1.29, 1.82) is 0 Å². The normalized spacial score (nSPS) is 10.8. The predicted octanol–water partition coefficient (Wildman–Crippen LogP) is 3.12. The van der Waals surface area contributed by atoms with Crippen molar-refractivity contribution in [2.45, 2.75) is 0 Å². The second kappa shape index (κ2) is 7.26. The Morgan fingerprint density at radius 1 is 1.39 bits per heavy atom. The number of benzene rings is 1. The number of halogens is 2. The Bertz CT molecular complexity index is 458. The lowest BCUT2D eigenvalue weighted by molar-refractivity contribution is -0.131. The Hall–Kier alpha value is -1.23. The van der Waals surface area contributed by atoms with E-state index in [4.69, 9.17) is 37.8 Å². The van der Waals surface area contributed by atoms with Gasteiger partial charge < -0.3 is 14.6 Å². The van der Waals surface area contributed by atoms with Crippen LogP contribution in [0.1, 0.15) is 5.56 Å². The molecule has 4 nitrogen and oxygen atoms in total. The summed E-state index contributed by atoms with van der Waals surface area (Å²) in [5.74, 6) is -0.676. The van der Waals surface area contributed by atoms with Gasteiger partial charge in [0, 0.05) is 23.8 Å². The molecule has 0 atom stereocenters. The largest absolute Gasteiger partial charge is 0.489 e. The summed E-state index contributed by atoms with van der Waals surface area (Å²) in [6.45, 7) is 0.715. The molecule has 0 unspecified atom stereocenters. The average Bonchev–Trinajstić information content (AvgIpc) is 2.29. The molecular weight excluding hydrogens is 279 g/mol. The maximum atomic E-state index is 10.5. The molecular formula is C12H12Cl2O4. The molecule has 0 saturated heterocycles. The fourth-order valence-electron chi connectivity index (χ4n) is 1.24. The van der Waals surface area contributed by atoms with Crippen LogP contribution in [0.5, 0.6) is 5.75 Å². The fourth-order valence-corrected chi connectivity index (χ4v) is 1.81. The van der Waals surface area contributed by atoms with E-state index in [2.05, 4.69) is 0 Å². The topological polar surface area (TPSA) is 55.8 Å². The number of methoxy groups -OCH3 is 1. The number of ether oxygens (including phenoxy) is 2. The molecule has 0 aromatic heterocycles. The van der Waals surface area contributed by atoms with Crippen LogP contribution in [0.3, 0.4) is 0 Å². The molecule has 0 aliphatic carbocycles. The van der Waals surface area contributed by atoms with Crippen LogP contribution in [0, 0.1) is 0 Å². The number of hydrogen-bond donors (Lipinski definition) is 1. The van der Waals surface area contributed by atoms with Crippen molar-refractivity contribution < 1.29 is 19.4 Å². The number of rotatable bonds is 6. The summed E-state index contributed by atoms with van der Waals surface area (Å²) in [6, 6.07) is 3.11. The van der Waals surface area contributed by atoms with Crippen LogP contribution < -0.4 is 4.74 Å². The molecule has 0 saturated carbocycles. The zero-order valence-corrected chi connectivity index (χ0v) is 11.2. The highest BCUT2D eigenvalue weighted by molar-refractivity contribution is 6.35. The highest BCUT2D eigenvalue weighted by Gasteiger charge is 2.09. The summed E-state index contributed by atoms with van der Waals surface area (Å²) in [5, 5.41) is 9.33. The van der Waals surface area contributed by atoms with E-state index in [1.54, 1.807) is 13.2 Å². The van der Waals surface area contributed by atoms with Gasteiger partial charge in [-0.2, -0.15) is 0 Å². The van der Waals surface area contributed by atoms with Gasteiger partial charge in [-0.15, -0.1) is 0 Å². The van der Waals surface area contributed by atoms with Gasteiger partial charge in [-0.25, -0.2) is 4.79 Å². The molecule has 0 aliphatic heterocycles. The van der Waals surface area contributed by atoms with Crippen molar-refractivity contribution in [2.75, 3.05) is 20.3 Å². The first-order valence-electron chi connectivity index (χ1n) is 5.06. The van der Waals surface area contributed by atoms with Gasteiger partial charge in [0.1, 0.15) is 12.4 Å². The van der Waals surface area contributed by atoms with E-state index >= 15 is 0 Å². The molecule has 18 heavy (non-hydrogen) atoms. The summed E-state index contributed by atoms with van der Waals surface area (Å²) < 4.78 is 10.3. The molecule has 0 bridgehead atoms. The van der Waals surface area contributed by atoms with Gasteiger partial charge in [-0.05, 0) is 18.2 Å². The average molecular weight is 291 g/mol. The van der Waals surface area contributed by atoms with Crippen LogP contribution in [0.4, 0.5) is 0 Å². The van der Waals surface area contributed by atoms with Crippen LogP contribution >= 0.6 is 23.2 Å². The Balaban J connectivity index is 3.00. The second-order valence-corrected chi connectivity index (χ2v) is 4.16. The SMILES string of the molecule is COCCOc1c(Cl)cc(Cl)cc1/C=C/C(=O)O. The molecule has 1 N–H and O–H groups in total. The third-order valence-corrected chi connectivity index (χ3v) is 2.48. The fraction of sp³-hybridized carbons (Fsp3) is 0.250. The first kappa shape index (κ1) is 14.8. The summed E-state index contributed by atoms with van der Waals surface area (Å²) in [6.07, 6.45) is 2.37. The van der Waals surface area contributed by atoms with E-state index in [9.17, 15) is 4.79 Å². The lowest BCUT2D eigenvalue weighted by atomic mass is 10.2.